The fraction of sp³-hybridized carbons (Fsp3) is 0.917. The van der Waals surface area contributed by atoms with Crippen LogP contribution in [0.4, 0.5) is 0 Å². The molecule has 1 N–H and O–H groups in total. The molecule has 0 aliphatic rings. The monoisotopic (exact) mass is 199 g/mol. The molecule has 84 valence electrons. The van der Waals surface area contributed by atoms with Crippen LogP contribution < -0.4 is 5.32 Å². The Balaban J connectivity index is 3.28. The summed E-state index contributed by atoms with van der Waals surface area (Å²) in [6.07, 6.45) is 3.94. The summed E-state index contributed by atoms with van der Waals surface area (Å²) in [5.41, 5.74) is 0. The quantitative estimate of drug-likeness (QED) is 0.671. The van der Waals surface area contributed by atoms with Gasteiger partial charge in [0.05, 0.1) is 0 Å². The summed E-state index contributed by atoms with van der Waals surface area (Å²) in [6.45, 7) is 9.56. The van der Waals surface area contributed by atoms with E-state index in [0.29, 0.717) is 18.3 Å². The van der Waals surface area contributed by atoms with Gasteiger partial charge in [-0.2, -0.15) is 0 Å². The second-order valence-electron chi connectivity index (χ2n) is 4.82. The van der Waals surface area contributed by atoms with Gasteiger partial charge in [0.15, 0.2) is 0 Å². The molecule has 0 fully saturated rings. The maximum absolute atomic E-state index is 11.3. The van der Waals surface area contributed by atoms with Crippen molar-refractivity contribution < 1.29 is 4.79 Å². The van der Waals surface area contributed by atoms with Crippen LogP contribution in [0.3, 0.4) is 0 Å². The minimum absolute atomic E-state index is 0.214. The van der Waals surface area contributed by atoms with Crippen molar-refractivity contribution in [2.45, 2.75) is 53.4 Å². The lowest BCUT2D eigenvalue weighted by atomic mass is 10.1. The van der Waals surface area contributed by atoms with Gasteiger partial charge in [-0.25, -0.2) is 0 Å². The van der Waals surface area contributed by atoms with Crippen LogP contribution in [0, 0.1) is 11.8 Å². The topological polar surface area (TPSA) is 29.1 Å². The van der Waals surface area contributed by atoms with E-state index in [1.807, 2.05) is 0 Å². The Hall–Kier alpha value is -0.530. The zero-order chi connectivity index (χ0) is 11.0. The molecular weight excluding hydrogens is 174 g/mol. The van der Waals surface area contributed by atoms with E-state index >= 15 is 0 Å². The van der Waals surface area contributed by atoms with Gasteiger partial charge < -0.3 is 5.32 Å². The molecule has 0 aromatic rings. The predicted molar refractivity (Wildman–Crippen MR) is 61.2 cm³/mol. The molecule has 0 atom stereocenters. The second kappa shape index (κ2) is 7.84. The highest BCUT2D eigenvalue weighted by atomic mass is 16.1. The Bertz CT molecular complexity index is 136. The molecule has 0 aliphatic heterocycles. The lowest BCUT2D eigenvalue weighted by molar-refractivity contribution is -0.121. The maximum Gasteiger partial charge on any atom is 0.219 e. The van der Waals surface area contributed by atoms with Crippen LogP contribution in [0.5, 0.6) is 0 Å². The van der Waals surface area contributed by atoms with E-state index in [0.717, 1.165) is 25.8 Å². The van der Waals surface area contributed by atoms with Gasteiger partial charge in [0.25, 0.3) is 0 Å². The van der Waals surface area contributed by atoms with Crippen molar-refractivity contribution in [2.24, 2.45) is 11.8 Å². The van der Waals surface area contributed by atoms with E-state index in [9.17, 15) is 4.79 Å². The highest BCUT2D eigenvalue weighted by Crippen LogP contribution is 2.05. The Kier molecular flexibility index (Phi) is 7.54. The molecule has 0 rings (SSSR count). The van der Waals surface area contributed by atoms with Gasteiger partial charge in [0, 0.05) is 13.0 Å². The number of hydrogen-bond donors (Lipinski definition) is 1. The molecule has 0 aromatic carbocycles. The SMILES string of the molecule is CC(C)CCCC(=O)NCCC(C)C. The average Bonchev–Trinajstić information content (AvgIpc) is 2.02. The molecule has 0 heterocycles. The van der Waals surface area contributed by atoms with Crippen molar-refractivity contribution >= 4 is 5.91 Å². The van der Waals surface area contributed by atoms with E-state index in [1.165, 1.54) is 0 Å². The van der Waals surface area contributed by atoms with Crippen LogP contribution in [0.15, 0.2) is 0 Å². The first kappa shape index (κ1) is 13.5. The number of carbonyl (C=O) groups excluding carboxylic acids is 1. The van der Waals surface area contributed by atoms with Gasteiger partial charge in [0.1, 0.15) is 0 Å². The van der Waals surface area contributed by atoms with Gasteiger partial charge >= 0.3 is 0 Å². The largest absolute Gasteiger partial charge is 0.356 e. The van der Waals surface area contributed by atoms with Crippen molar-refractivity contribution in [2.75, 3.05) is 6.54 Å². The summed E-state index contributed by atoms with van der Waals surface area (Å²) in [5.74, 6) is 1.59. The first-order chi connectivity index (χ1) is 6.52. The Labute approximate surface area is 88.5 Å². The summed E-state index contributed by atoms with van der Waals surface area (Å²) >= 11 is 0. The number of hydrogen-bond acceptors (Lipinski definition) is 1. The van der Waals surface area contributed by atoms with Gasteiger partial charge in [-0.3, -0.25) is 4.79 Å². The molecule has 0 radical (unpaired) electrons. The third kappa shape index (κ3) is 9.56. The molecule has 14 heavy (non-hydrogen) atoms. The zero-order valence-electron chi connectivity index (χ0n) is 10.1. The zero-order valence-corrected chi connectivity index (χ0v) is 10.1. The Morgan fingerprint density at radius 2 is 1.64 bits per heavy atom. The van der Waals surface area contributed by atoms with Gasteiger partial charge in [-0.1, -0.05) is 34.1 Å². The van der Waals surface area contributed by atoms with Crippen molar-refractivity contribution in [3.8, 4) is 0 Å². The molecule has 0 aromatic heterocycles. The Morgan fingerprint density at radius 1 is 1.07 bits per heavy atom. The van der Waals surface area contributed by atoms with Crippen LogP contribution in [-0.2, 0) is 4.79 Å². The van der Waals surface area contributed by atoms with E-state index in [1.54, 1.807) is 0 Å². The van der Waals surface area contributed by atoms with Gasteiger partial charge in [-0.15, -0.1) is 0 Å². The molecule has 0 spiro atoms. The molecule has 0 saturated heterocycles. The number of rotatable bonds is 7. The number of amides is 1. The van der Waals surface area contributed by atoms with Crippen molar-refractivity contribution in [3.63, 3.8) is 0 Å². The summed E-state index contributed by atoms with van der Waals surface area (Å²) < 4.78 is 0. The molecule has 2 nitrogen and oxygen atoms in total. The molecular formula is C12H25NO. The summed E-state index contributed by atoms with van der Waals surface area (Å²) in [4.78, 5) is 11.3. The highest BCUT2D eigenvalue weighted by molar-refractivity contribution is 5.75. The molecule has 0 unspecified atom stereocenters. The van der Waals surface area contributed by atoms with Crippen LogP contribution >= 0.6 is 0 Å². The predicted octanol–water partition coefficient (Wildman–Crippen LogP) is 2.98. The smallest absolute Gasteiger partial charge is 0.219 e. The van der Waals surface area contributed by atoms with E-state index in [4.69, 9.17) is 0 Å². The van der Waals surface area contributed by atoms with E-state index < -0.39 is 0 Å². The molecule has 0 bridgehead atoms. The lowest BCUT2D eigenvalue weighted by Gasteiger charge is -2.07. The molecule has 0 saturated carbocycles. The van der Waals surface area contributed by atoms with Crippen LogP contribution in [0.2, 0.25) is 0 Å². The Morgan fingerprint density at radius 3 is 2.14 bits per heavy atom. The summed E-state index contributed by atoms with van der Waals surface area (Å²) in [7, 11) is 0. The molecule has 1 amide bonds. The first-order valence-electron chi connectivity index (χ1n) is 5.79. The normalized spacial score (nSPS) is 11.0. The van der Waals surface area contributed by atoms with Crippen molar-refractivity contribution in [3.05, 3.63) is 0 Å². The fourth-order valence-corrected chi connectivity index (χ4v) is 1.26. The van der Waals surface area contributed by atoms with Crippen molar-refractivity contribution in [1.82, 2.24) is 5.32 Å². The van der Waals surface area contributed by atoms with Crippen molar-refractivity contribution in [1.29, 1.82) is 0 Å². The van der Waals surface area contributed by atoms with Crippen LogP contribution in [0.1, 0.15) is 53.4 Å². The third-order valence-corrected chi connectivity index (χ3v) is 2.23. The maximum atomic E-state index is 11.3. The number of nitrogens with one attached hydrogen (secondary N) is 1. The fourth-order valence-electron chi connectivity index (χ4n) is 1.26. The molecule has 0 aliphatic carbocycles. The standard InChI is InChI=1S/C12H25NO/c1-10(2)6-5-7-12(14)13-9-8-11(3)4/h10-11H,5-9H2,1-4H3,(H,13,14). The third-order valence-electron chi connectivity index (χ3n) is 2.23. The highest BCUT2D eigenvalue weighted by Gasteiger charge is 2.02. The first-order valence-corrected chi connectivity index (χ1v) is 5.79. The van der Waals surface area contributed by atoms with Crippen LogP contribution in [-0.4, -0.2) is 12.5 Å². The van der Waals surface area contributed by atoms with Crippen LogP contribution in [0.25, 0.3) is 0 Å². The van der Waals surface area contributed by atoms with Gasteiger partial charge in [-0.05, 0) is 24.7 Å². The van der Waals surface area contributed by atoms with E-state index in [2.05, 4.69) is 33.0 Å². The van der Waals surface area contributed by atoms with Gasteiger partial charge in [0.2, 0.25) is 5.91 Å². The summed E-state index contributed by atoms with van der Waals surface area (Å²) in [6, 6.07) is 0. The minimum atomic E-state index is 0.214. The average molecular weight is 199 g/mol. The number of carbonyl (C=O) groups is 1. The second-order valence-corrected chi connectivity index (χ2v) is 4.82. The van der Waals surface area contributed by atoms with E-state index in [-0.39, 0.29) is 5.91 Å². The molecule has 2 heteroatoms. The lowest BCUT2D eigenvalue weighted by Crippen LogP contribution is -2.24. The minimum Gasteiger partial charge on any atom is -0.356 e. The summed E-state index contributed by atoms with van der Waals surface area (Å²) in [5, 5.41) is 2.95.